The molecule has 0 saturated heterocycles. The van der Waals surface area contributed by atoms with E-state index in [0.29, 0.717) is 17.6 Å². The van der Waals surface area contributed by atoms with Gasteiger partial charge >= 0.3 is 0 Å². The first-order valence-corrected chi connectivity index (χ1v) is 8.42. The quantitative estimate of drug-likeness (QED) is 0.780. The second-order valence-electron chi connectivity index (χ2n) is 6.51. The summed E-state index contributed by atoms with van der Waals surface area (Å²) in [7, 11) is 0. The summed E-state index contributed by atoms with van der Waals surface area (Å²) in [5.74, 6) is -0.374. The molecule has 0 bridgehead atoms. The number of hydrogen-bond donors (Lipinski definition) is 1. The number of nitrogens with one attached hydrogen (secondary N) is 1. The number of anilines is 1. The van der Waals surface area contributed by atoms with Crippen LogP contribution in [0.5, 0.6) is 0 Å². The molecule has 0 unspecified atom stereocenters. The zero-order valence-electron chi connectivity index (χ0n) is 15.0. The largest absolute Gasteiger partial charge is 0.347 e. The number of amides is 1. The van der Waals surface area contributed by atoms with Crippen molar-refractivity contribution in [2.24, 2.45) is 0 Å². The van der Waals surface area contributed by atoms with Gasteiger partial charge in [-0.1, -0.05) is 17.7 Å². The molecule has 3 rings (SSSR count). The molecule has 2 aromatic carbocycles. The highest BCUT2D eigenvalue weighted by molar-refractivity contribution is 6.05. The summed E-state index contributed by atoms with van der Waals surface area (Å²) in [4.78, 5) is 25.6. The molecule has 0 fully saturated rings. The predicted octanol–water partition coefficient (Wildman–Crippen LogP) is 4.20. The van der Waals surface area contributed by atoms with Gasteiger partial charge in [-0.25, -0.2) is 0 Å². The van der Waals surface area contributed by atoms with Gasteiger partial charge in [0.15, 0.2) is 0 Å². The van der Waals surface area contributed by atoms with E-state index in [-0.39, 0.29) is 16.9 Å². The molecule has 0 saturated carbocycles. The molecule has 0 aliphatic heterocycles. The maximum atomic E-state index is 12.8. The highest BCUT2D eigenvalue weighted by Gasteiger charge is 2.15. The van der Waals surface area contributed by atoms with Gasteiger partial charge in [0.25, 0.3) is 5.91 Å². The van der Waals surface area contributed by atoms with Crippen LogP contribution in [0.25, 0.3) is 10.9 Å². The average molecular weight is 334 g/mol. The van der Waals surface area contributed by atoms with Crippen LogP contribution in [0.3, 0.4) is 0 Å². The standard InChI is InChI=1S/C21H22N2O2/c1-5-23-12-18(20(24)17-11-13(2)6-7-19(17)23)21(25)22-16-9-14(3)8-15(4)10-16/h6-12H,5H2,1-4H3,(H,22,25). The van der Waals surface area contributed by atoms with E-state index in [1.165, 1.54) is 0 Å². The third-order valence-electron chi connectivity index (χ3n) is 4.30. The van der Waals surface area contributed by atoms with E-state index in [9.17, 15) is 9.59 Å². The molecule has 1 aromatic heterocycles. The first-order chi connectivity index (χ1) is 11.9. The van der Waals surface area contributed by atoms with Crippen molar-refractivity contribution in [1.29, 1.82) is 0 Å². The maximum Gasteiger partial charge on any atom is 0.261 e. The number of aromatic nitrogens is 1. The van der Waals surface area contributed by atoms with Crippen LogP contribution in [0.4, 0.5) is 5.69 Å². The fraction of sp³-hybridized carbons (Fsp3) is 0.238. The molecule has 0 radical (unpaired) electrons. The minimum Gasteiger partial charge on any atom is -0.347 e. The molecule has 128 valence electrons. The lowest BCUT2D eigenvalue weighted by atomic mass is 10.1. The van der Waals surface area contributed by atoms with Crippen molar-refractivity contribution in [1.82, 2.24) is 4.57 Å². The first-order valence-electron chi connectivity index (χ1n) is 8.42. The molecular formula is C21H22N2O2. The summed E-state index contributed by atoms with van der Waals surface area (Å²) in [6.45, 7) is 8.58. The maximum absolute atomic E-state index is 12.8. The second kappa shape index (κ2) is 6.55. The van der Waals surface area contributed by atoms with Crippen LogP contribution in [0.15, 0.2) is 47.4 Å². The molecular weight excluding hydrogens is 312 g/mol. The van der Waals surface area contributed by atoms with Gasteiger partial charge in [0.05, 0.1) is 5.52 Å². The van der Waals surface area contributed by atoms with Gasteiger partial charge in [-0.15, -0.1) is 0 Å². The second-order valence-corrected chi connectivity index (χ2v) is 6.51. The van der Waals surface area contributed by atoms with Gasteiger partial charge in [-0.2, -0.15) is 0 Å². The van der Waals surface area contributed by atoms with E-state index in [1.54, 1.807) is 6.20 Å². The summed E-state index contributed by atoms with van der Waals surface area (Å²) in [5, 5.41) is 3.44. The predicted molar refractivity (Wildman–Crippen MR) is 102 cm³/mol. The number of nitrogens with zero attached hydrogens (tertiary/aromatic N) is 1. The van der Waals surface area contributed by atoms with Crippen molar-refractivity contribution in [2.75, 3.05) is 5.32 Å². The third-order valence-corrected chi connectivity index (χ3v) is 4.30. The normalized spacial score (nSPS) is 10.9. The Bertz CT molecular complexity index is 1010. The number of pyridine rings is 1. The molecule has 4 nitrogen and oxygen atoms in total. The van der Waals surface area contributed by atoms with Crippen molar-refractivity contribution in [2.45, 2.75) is 34.2 Å². The van der Waals surface area contributed by atoms with Gasteiger partial charge in [-0.05, 0) is 63.1 Å². The summed E-state index contributed by atoms with van der Waals surface area (Å²) >= 11 is 0. The van der Waals surface area contributed by atoms with Crippen LogP contribution in [0.1, 0.15) is 34.0 Å². The summed E-state index contributed by atoms with van der Waals surface area (Å²) < 4.78 is 1.94. The lowest BCUT2D eigenvalue weighted by molar-refractivity contribution is 0.102. The monoisotopic (exact) mass is 334 g/mol. The van der Waals surface area contributed by atoms with Gasteiger partial charge < -0.3 is 9.88 Å². The smallest absolute Gasteiger partial charge is 0.261 e. The zero-order valence-corrected chi connectivity index (χ0v) is 15.0. The average Bonchev–Trinajstić information content (AvgIpc) is 2.54. The van der Waals surface area contributed by atoms with E-state index in [2.05, 4.69) is 5.32 Å². The summed E-state index contributed by atoms with van der Waals surface area (Å²) in [6, 6.07) is 11.6. The van der Waals surface area contributed by atoms with Crippen molar-refractivity contribution < 1.29 is 4.79 Å². The fourth-order valence-electron chi connectivity index (χ4n) is 3.18. The zero-order chi connectivity index (χ0) is 18.1. The number of carbonyl (C=O) groups is 1. The van der Waals surface area contributed by atoms with E-state index >= 15 is 0 Å². The van der Waals surface area contributed by atoms with E-state index < -0.39 is 0 Å². The van der Waals surface area contributed by atoms with Crippen molar-refractivity contribution >= 4 is 22.5 Å². The molecule has 0 aliphatic rings. The Morgan fingerprint density at radius 2 is 1.68 bits per heavy atom. The van der Waals surface area contributed by atoms with E-state index in [0.717, 1.165) is 22.2 Å². The number of benzene rings is 2. The third kappa shape index (κ3) is 3.33. The lowest BCUT2D eigenvalue weighted by Gasteiger charge is -2.13. The Balaban J connectivity index is 2.09. The topological polar surface area (TPSA) is 51.1 Å². The summed E-state index contributed by atoms with van der Waals surface area (Å²) in [6.07, 6.45) is 1.65. The van der Waals surface area contributed by atoms with Gasteiger partial charge in [0.1, 0.15) is 5.56 Å². The highest BCUT2D eigenvalue weighted by atomic mass is 16.2. The molecule has 0 atom stereocenters. The minimum atomic E-state index is -0.374. The number of aryl methyl sites for hydroxylation is 4. The number of fused-ring (bicyclic) bond motifs is 1. The minimum absolute atomic E-state index is 0.166. The Morgan fingerprint density at radius 3 is 2.32 bits per heavy atom. The number of hydrogen-bond acceptors (Lipinski definition) is 2. The van der Waals surface area contributed by atoms with Gasteiger partial charge in [0, 0.05) is 23.8 Å². The van der Waals surface area contributed by atoms with E-state index in [4.69, 9.17) is 0 Å². The van der Waals surface area contributed by atoms with Crippen LogP contribution < -0.4 is 10.7 Å². The molecule has 25 heavy (non-hydrogen) atoms. The van der Waals surface area contributed by atoms with Gasteiger partial charge in [0.2, 0.25) is 5.43 Å². The molecule has 4 heteroatoms. The Kier molecular flexibility index (Phi) is 4.45. The Labute approximate surface area is 147 Å². The van der Waals surface area contributed by atoms with Crippen molar-refractivity contribution in [3.05, 3.63) is 75.1 Å². The summed E-state index contributed by atoms with van der Waals surface area (Å²) in [5.41, 5.74) is 4.62. The highest BCUT2D eigenvalue weighted by Crippen LogP contribution is 2.17. The Hall–Kier alpha value is -2.88. The SMILES string of the molecule is CCn1cc(C(=O)Nc2cc(C)cc(C)c2)c(=O)c2cc(C)ccc21. The van der Waals surface area contributed by atoms with Crippen LogP contribution in [-0.4, -0.2) is 10.5 Å². The van der Waals surface area contributed by atoms with Gasteiger partial charge in [-0.3, -0.25) is 9.59 Å². The number of carbonyl (C=O) groups excluding carboxylic acids is 1. The first kappa shape index (κ1) is 17.0. The molecule has 3 aromatic rings. The fourth-order valence-corrected chi connectivity index (χ4v) is 3.18. The van der Waals surface area contributed by atoms with Crippen molar-refractivity contribution in [3.8, 4) is 0 Å². The molecule has 1 N–H and O–H groups in total. The molecule has 1 amide bonds. The van der Waals surface area contributed by atoms with E-state index in [1.807, 2.05) is 68.7 Å². The van der Waals surface area contributed by atoms with Crippen LogP contribution in [0, 0.1) is 20.8 Å². The van der Waals surface area contributed by atoms with Crippen LogP contribution in [-0.2, 0) is 6.54 Å². The lowest BCUT2D eigenvalue weighted by Crippen LogP contribution is -2.24. The van der Waals surface area contributed by atoms with Crippen molar-refractivity contribution in [3.63, 3.8) is 0 Å². The van der Waals surface area contributed by atoms with Crippen LogP contribution in [0.2, 0.25) is 0 Å². The number of rotatable bonds is 3. The van der Waals surface area contributed by atoms with Crippen LogP contribution >= 0.6 is 0 Å². The molecule has 1 heterocycles. The molecule has 0 aliphatic carbocycles. The molecule has 0 spiro atoms. The Morgan fingerprint density at radius 1 is 1.00 bits per heavy atom.